The lowest BCUT2D eigenvalue weighted by Gasteiger charge is -2.30. The van der Waals surface area contributed by atoms with Gasteiger partial charge < -0.3 is 4.74 Å². The largest absolute Gasteiger partial charge is 0.496 e. The molecule has 0 aromatic heterocycles. The summed E-state index contributed by atoms with van der Waals surface area (Å²) in [5.41, 5.74) is 7.04. The molecular formula is C25H32OSi. The van der Waals surface area contributed by atoms with Gasteiger partial charge in [-0.1, -0.05) is 99.7 Å². The molecule has 3 rings (SSSR count). The van der Waals surface area contributed by atoms with Gasteiger partial charge in [-0.25, -0.2) is 0 Å². The Hall–Kier alpha value is -2.06. The highest BCUT2D eigenvalue weighted by atomic mass is 28.3. The average Bonchev–Trinajstić information content (AvgIpc) is 3.04. The van der Waals surface area contributed by atoms with Crippen molar-refractivity contribution in [3.05, 3.63) is 77.4 Å². The Labute approximate surface area is 165 Å². The van der Waals surface area contributed by atoms with Crippen LogP contribution in [0.15, 0.2) is 71.8 Å². The van der Waals surface area contributed by atoms with Gasteiger partial charge in [0.15, 0.2) is 0 Å². The van der Waals surface area contributed by atoms with Crippen molar-refractivity contribution >= 4 is 8.07 Å². The molecule has 0 aliphatic heterocycles. The fraction of sp³-hybridized carbons (Fsp3) is 0.360. The van der Waals surface area contributed by atoms with E-state index in [0.29, 0.717) is 5.54 Å². The van der Waals surface area contributed by atoms with Crippen molar-refractivity contribution in [2.45, 2.75) is 51.4 Å². The minimum absolute atomic E-state index is 0.105. The predicted octanol–water partition coefficient (Wildman–Crippen LogP) is 7.23. The van der Waals surface area contributed by atoms with E-state index in [1.54, 1.807) is 7.11 Å². The van der Waals surface area contributed by atoms with Gasteiger partial charge in [0.2, 0.25) is 0 Å². The average molecular weight is 377 g/mol. The number of benzene rings is 2. The Balaban J connectivity index is 2.11. The number of hydrogen-bond acceptors (Lipinski definition) is 1. The number of hydrogen-bond donors (Lipinski definition) is 0. The van der Waals surface area contributed by atoms with Gasteiger partial charge in [-0.3, -0.25) is 0 Å². The zero-order valence-electron chi connectivity index (χ0n) is 17.8. The van der Waals surface area contributed by atoms with E-state index in [-0.39, 0.29) is 5.41 Å². The van der Waals surface area contributed by atoms with Crippen molar-refractivity contribution in [1.82, 2.24) is 0 Å². The summed E-state index contributed by atoms with van der Waals surface area (Å²) in [6.45, 7) is 14.3. The highest BCUT2D eigenvalue weighted by Crippen LogP contribution is 2.47. The first-order chi connectivity index (χ1) is 12.7. The molecule has 0 amide bonds. The van der Waals surface area contributed by atoms with Gasteiger partial charge >= 0.3 is 0 Å². The fourth-order valence-electron chi connectivity index (χ4n) is 4.27. The summed E-state index contributed by atoms with van der Waals surface area (Å²) in [6.07, 6.45) is 4.94. The zero-order valence-corrected chi connectivity index (χ0v) is 18.8. The molecule has 142 valence electrons. The van der Waals surface area contributed by atoms with E-state index in [9.17, 15) is 0 Å². The van der Waals surface area contributed by atoms with Crippen LogP contribution < -0.4 is 4.74 Å². The van der Waals surface area contributed by atoms with Crippen LogP contribution in [0.3, 0.4) is 0 Å². The Bertz CT molecular complexity index is 882. The molecule has 0 bridgehead atoms. The lowest BCUT2D eigenvalue weighted by Crippen LogP contribution is -2.27. The fourth-order valence-corrected chi connectivity index (χ4v) is 6.39. The number of allylic oxidation sites excluding steroid dienone is 4. The van der Waals surface area contributed by atoms with Crippen LogP contribution in [0, 0.1) is 0 Å². The van der Waals surface area contributed by atoms with E-state index in [2.05, 4.69) is 101 Å². The van der Waals surface area contributed by atoms with Crippen molar-refractivity contribution in [3.8, 4) is 16.9 Å². The molecule has 0 saturated carbocycles. The third-order valence-electron chi connectivity index (χ3n) is 5.85. The lowest BCUT2D eigenvalue weighted by atomic mass is 9.76. The topological polar surface area (TPSA) is 9.23 Å². The lowest BCUT2D eigenvalue weighted by molar-refractivity contribution is 0.402. The van der Waals surface area contributed by atoms with Gasteiger partial charge in [-0.2, -0.15) is 0 Å². The van der Waals surface area contributed by atoms with E-state index in [0.717, 1.165) is 11.3 Å². The van der Waals surface area contributed by atoms with Crippen LogP contribution in [0.5, 0.6) is 5.75 Å². The molecule has 2 aromatic carbocycles. The molecule has 1 aliphatic rings. The molecule has 0 heterocycles. The van der Waals surface area contributed by atoms with E-state index >= 15 is 0 Å². The van der Waals surface area contributed by atoms with Crippen LogP contribution in [0.4, 0.5) is 0 Å². The quantitative estimate of drug-likeness (QED) is 0.500. The Morgan fingerprint density at radius 2 is 1.59 bits per heavy atom. The number of rotatable bonds is 5. The molecule has 2 heteroatoms. The molecule has 1 aliphatic carbocycles. The third-order valence-corrected chi connectivity index (χ3v) is 8.34. The standard InChI is InChI=1S/C25H32OSi/c1-18-16-20(17-23(18)27(5,6)7)25(2,3)22-15-11-14-21(24(22)26-4)19-12-9-8-10-13-19/h8-17,23H,1-7H3. The summed E-state index contributed by atoms with van der Waals surface area (Å²) in [5, 5.41) is 0. The smallest absolute Gasteiger partial charge is 0.130 e. The molecule has 1 atom stereocenters. The van der Waals surface area contributed by atoms with Crippen molar-refractivity contribution in [3.63, 3.8) is 0 Å². The summed E-state index contributed by atoms with van der Waals surface area (Å²) >= 11 is 0. The molecular weight excluding hydrogens is 344 g/mol. The maximum Gasteiger partial charge on any atom is 0.130 e. The van der Waals surface area contributed by atoms with E-state index in [4.69, 9.17) is 4.74 Å². The molecule has 0 N–H and O–H groups in total. The van der Waals surface area contributed by atoms with Gasteiger partial charge in [-0.05, 0) is 23.6 Å². The van der Waals surface area contributed by atoms with Gasteiger partial charge in [-0.15, -0.1) is 0 Å². The molecule has 0 radical (unpaired) electrons. The van der Waals surface area contributed by atoms with Crippen LogP contribution in [-0.2, 0) is 5.41 Å². The molecule has 27 heavy (non-hydrogen) atoms. The third kappa shape index (κ3) is 3.68. The van der Waals surface area contributed by atoms with Gasteiger partial charge in [0, 0.05) is 16.5 Å². The maximum atomic E-state index is 5.96. The second-order valence-corrected chi connectivity index (χ2v) is 14.6. The normalized spacial score (nSPS) is 17.5. The first kappa shape index (κ1) is 19.7. The van der Waals surface area contributed by atoms with E-state index in [1.807, 2.05) is 0 Å². The maximum absolute atomic E-state index is 5.96. The number of para-hydroxylation sites is 1. The second-order valence-electron chi connectivity index (χ2n) is 9.23. The summed E-state index contributed by atoms with van der Waals surface area (Å²) in [5.74, 6) is 0.983. The first-order valence-electron chi connectivity index (χ1n) is 9.79. The van der Waals surface area contributed by atoms with Gasteiger partial charge in [0.25, 0.3) is 0 Å². The van der Waals surface area contributed by atoms with Crippen molar-refractivity contribution in [1.29, 1.82) is 0 Å². The van der Waals surface area contributed by atoms with Crippen molar-refractivity contribution in [2.75, 3.05) is 7.11 Å². The molecule has 1 nitrogen and oxygen atoms in total. The van der Waals surface area contributed by atoms with E-state index < -0.39 is 8.07 Å². The van der Waals surface area contributed by atoms with Crippen LogP contribution in [0.2, 0.25) is 25.2 Å². The first-order valence-corrected chi connectivity index (χ1v) is 13.4. The van der Waals surface area contributed by atoms with Crippen LogP contribution in [0.25, 0.3) is 11.1 Å². The zero-order chi connectivity index (χ0) is 19.8. The van der Waals surface area contributed by atoms with Crippen LogP contribution in [0.1, 0.15) is 26.3 Å². The second kappa shape index (κ2) is 7.16. The van der Waals surface area contributed by atoms with Crippen LogP contribution >= 0.6 is 0 Å². The molecule has 2 aromatic rings. The summed E-state index contributed by atoms with van der Waals surface area (Å²) in [7, 11) is 0.518. The van der Waals surface area contributed by atoms with Gasteiger partial charge in [0.05, 0.1) is 15.2 Å². The SMILES string of the molecule is COc1c(-c2ccccc2)cccc1C(C)(C)C1=CC([Si](C)(C)C)C(C)=C1. The molecule has 1 unspecified atom stereocenters. The van der Waals surface area contributed by atoms with Gasteiger partial charge in [0.1, 0.15) is 5.75 Å². The van der Waals surface area contributed by atoms with Crippen molar-refractivity contribution < 1.29 is 4.74 Å². The highest BCUT2D eigenvalue weighted by molar-refractivity contribution is 6.78. The Kier molecular flexibility index (Phi) is 5.22. The highest BCUT2D eigenvalue weighted by Gasteiger charge is 2.36. The summed E-state index contributed by atoms with van der Waals surface area (Å²) in [4.78, 5) is 0. The summed E-state index contributed by atoms with van der Waals surface area (Å²) in [6, 6.07) is 17.0. The summed E-state index contributed by atoms with van der Waals surface area (Å²) < 4.78 is 5.96. The van der Waals surface area contributed by atoms with Crippen LogP contribution in [-0.4, -0.2) is 15.2 Å². The monoisotopic (exact) mass is 376 g/mol. The van der Waals surface area contributed by atoms with E-state index in [1.165, 1.54) is 22.3 Å². The molecule has 0 saturated heterocycles. The Morgan fingerprint density at radius 1 is 0.926 bits per heavy atom. The minimum Gasteiger partial charge on any atom is -0.496 e. The minimum atomic E-state index is -1.27. The molecule has 0 fully saturated rings. The predicted molar refractivity (Wildman–Crippen MR) is 120 cm³/mol. The number of ether oxygens (including phenoxy) is 1. The number of methoxy groups -OCH3 is 1. The van der Waals surface area contributed by atoms with Crippen molar-refractivity contribution in [2.24, 2.45) is 0 Å². The Morgan fingerprint density at radius 3 is 2.15 bits per heavy atom. The molecule has 0 spiro atoms.